The third kappa shape index (κ3) is 6.29. The molecule has 3 nitrogen and oxygen atoms in total. The smallest absolute Gasteiger partial charge is 0.156 e. The van der Waals surface area contributed by atoms with Gasteiger partial charge in [-0.05, 0) is 12.8 Å². The maximum absolute atomic E-state index is 5.45. The van der Waals surface area contributed by atoms with Gasteiger partial charge in [0.15, 0.2) is 6.29 Å². The first kappa shape index (κ1) is 12.8. The average Bonchev–Trinajstić information content (AvgIpc) is 1.91. The van der Waals surface area contributed by atoms with Crippen LogP contribution >= 0.6 is 11.6 Å². The summed E-state index contributed by atoms with van der Waals surface area (Å²) in [7, 11) is 3.25. The van der Waals surface area contributed by atoms with Gasteiger partial charge in [0, 0.05) is 26.3 Å². The fourth-order valence-electron chi connectivity index (χ4n) is 0.576. The molecule has 0 aromatic carbocycles. The number of hydrogen-bond acceptors (Lipinski definition) is 2. The van der Waals surface area contributed by atoms with Gasteiger partial charge in [-0.2, -0.15) is 0 Å². The van der Waals surface area contributed by atoms with Crippen LogP contribution < -0.4 is 6.15 Å². The van der Waals surface area contributed by atoms with E-state index in [4.69, 9.17) is 21.1 Å². The van der Waals surface area contributed by atoms with Gasteiger partial charge < -0.3 is 9.47 Å². The molecule has 0 aliphatic carbocycles. The zero-order chi connectivity index (χ0) is 7.11. The molecule has 3 radical (unpaired) electrons. The molecule has 0 aliphatic heterocycles. The third-order valence-electron chi connectivity index (χ3n) is 1.10. The summed E-state index contributed by atoms with van der Waals surface area (Å²) in [5.41, 5.74) is 0. The lowest BCUT2D eigenvalue weighted by molar-refractivity contribution is -0.106. The lowest BCUT2D eigenvalue weighted by atomic mass is 10.3. The second-order valence-electron chi connectivity index (χ2n) is 1.73. The Morgan fingerprint density at radius 3 is 2.10 bits per heavy atom. The summed E-state index contributed by atoms with van der Waals surface area (Å²) < 4.78 is 9.84. The van der Waals surface area contributed by atoms with Gasteiger partial charge in [0.2, 0.25) is 0 Å². The molecule has 4 heteroatoms. The molecule has 0 amide bonds. The molecule has 0 heterocycles. The maximum Gasteiger partial charge on any atom is 0.156 e. The fourth-order valence-corrected chi connectivity index (χ4v) is 0.730. The van der Waals surface area contributed by atoms with Crippen molar-refractivity contribution in [2.45, 2.75) is 19.1 Å². The average molecular weight is 167 g/mol. The van der Waals surface area contributed by atoms with Crippen molar-refractivity contribution in [3.05, 3.63) is 0 Å². The molecule has 0 aromatic rings. The summed E-state index contributed by atoms with van der Waals surface area (Å²) >= 11 is 5.45. The van der Waals surface area contributed by atoms with E-state index in [0.717, 1.165) is 12.8 Å². The van der Waals surface area contributed by atoms with Gasteiger partial charge in [-0.25, -0.2) is 0 Å². The molecular weight excluding hydrogens is 154 g/mol. The van der Waals surface area contributed by atoms with E-state index < -0.39 is 0 Å². The normalized spacial score (nSPS) is 9.60. The Hall–Kier alpha value is 0.170. The molecule has 0 saturated heterocycles. The molecule has 0 aromatic heterocycles. The van der Waals surface area contributed by atoms with E-state index in [1.54, 1.807) is 14.2 Å². The van der Waals surface area contributed by atoms with E-state index in [1.807, 2.05) is 0 Å². The Morgan fingerprint density at radius 2 is 1.80 bits per heavy atom. The third-order valence-corrected chi connectivity index (χ3v) is 1.37. The van der Waals surface area contributed by atoms with Gasteiger partial charge in [-0.1, -0.05) is 0 Å². The molecule has 0 atom stereocenters. The number of hydrogen-bond donors (Lipinski definition) is 0. The highest BCUT2D eigenvalue weighted by molar-refractivity contribution is 6.17. The minimum atomic E-state index is -0.0799. The Labute approximate surface area is 67.2 Å². The lowest BCUT2D eigenvalue weighted by Gasteiger charge is -2.11. The zero-order valence-corrected chi connectivity index (χ0v) is 7.10. The Balaban J connectivity index is 0. The maximum atomic E-state index is 5.45. The van der Waals surface area contributed by atoms with Crippen LogP contribution in [-0.2, 0) is 9.47 Å². The van der Waals surface area contributed by atoms with Crippen LogP contribution in [-0.4, -0.2) is 26.4 Å². The lowest BCUT2D eigenvalue weighted by Crippen LogP contribution is -2.12. The molecule has 0 bridgehead atoms. The minimum absolute atomic E-state index is 0. The number of halogens is 1. The monoisotopic (exact) mass is 166 g/mol. The SMILES string of the molecule is COC(CCCCl)OC.[N]. The second-order valence-corrected chi connectivity index (χ2v) is 2.11. The highest BCUT2D eigenvalue weighted by atomic mass is 35.5. The van der Waals surface area contributed by atoms with Crippen molar-refractivity contribution in [2.24, 2.45) is 0 Å². The standard InChI is InChI=1S/C6H13ClO2.N/c1-8-6(9-2)4-3-5-7;/h6H,3-5H2,1-2H3;. The van der Waals surface area contributed by atoms with Crippen LogP contribution in [0, 0.1) is 0 Å². The summed E-state index contributed by atoms with van der Waals surface area (Å²) in [6, 6.07) is 0. The van der Waals surface area contributed by atoms with Gasteiger partial charge in [0.25, 0.3) is 0 Å². The van der Waals surface area contributed by atoms with Crippen LogP contribution in [0.5, 0.6) is 0 Å². The topological polar surface area (TPSA) is 49.0 Å². The van der Waals surface area contributed by atoms with E-state index in [1.165, 1.54) is 0 Å². The molecule has 0 fully saturated rings. The minimum Gasteiger partial charge on any atom is -0.356 e. The van der Waals surface area contributed by atoms with E-state index in [9.17, 15) is 0 Å². The molecule has 0 N–H and O–H groups in total. The summed E-state index contributed by atoms with van der Waals surface area (Å²) in [6.45, 7) is 0. The van der Waals surface area contributed by atoms with Crippen LogP contribution in [0.3, 0.4) is 0 Å². The van der Waals surface area contributed by atoms with Gasteiger partial charge in [-0.15, -0.1) is 11.6 Å². The van der Waals surface area contributed by atoms with Gasteiger partial charge in [0.05, 0.1) is 0 Å². The van der Waals surface area contributed by atoms with E-state index >= 15 is 0 Å². The van der Waals surface area contributed by atoms with Crippen LogP contribution in [0.2, 0.25) is 0 Å². The number of ether oxygens (including phenoxy) is 2. The van der Waals surface area contributed by atoms with Gasteiger partial charge >= 0.3 is 0 Å². The first-order valence-electron chi connectivity index (χ1n) is 2.96. The van der Waals surface area contributed by atoms with Gasteiger partial charge in [0.1, 0.15) is 0 Å². The highest BCUT2D eigenvalue weighted by Crippen LogP contribution is 2.01. The number of nitrogens with zero attached hydrogens (tertiary/aromatic N) is 1. The van der Waals surface area contributed by atoms with Gasteiger partial charge in [-0.3, -0.25) is 0 Å². The number of rotatable bonds is 5. The van der Waals surface area contributed by atoms with Crippen molar-refractivity contribution in [2.75, 3.05) is 20.1 Å². The van der Waals surface area contributed by atoms with E-state index in [-0.39, 0.29) is 12.4 Å². The summed E-state index contributed by atoms with van der Waals surface area (Å²) in [5, 5.41) is 0. The van der Waals surface area contributed by atoms with Crippen LogP contribution in [0.15, 0.2) is 0 Å². The number of methoxy groups -OCH3 is 2. The second kappa shape index (κ2) is 9.17. The fraction of sp³-hybridized carbons (Fsp3) is 1.00. The van der Waals surface area contributed by atoms with Crippen LogP contribution in [0.1, 0.15) is 12.8 Å². The molecule has 0 rings (SSSR count). The first-order chi connectivity index (χ1) is 4.35. The van der Waals surface area contributed by atoms with Crippen molar-refractivity contribution >= 4 is 11.6 Å². The molecule has 61 valence electrons. The van der Waals surface area contributed by atoms with Crippen molar-refractivity contribution in [3.63, 3.8) is 0 Å². The molecule has 10 heavy (non-hydrogen) atoms. The summed E-state index contributed by atoms with van der Waals surface area (Å²) in [6.07, 6.45) is 1.73. The molecular formula is C6H13ClNO2. The first-order valence-corrected chi connectivity index (χ1v) is 3.50. The highest BCUT2D eigenvalue weighted by Gasteiger charge is 2.01. The van der Waals surface area contributed by atoms with Crippen LogP contribution in [0.4, 0.5) is 0 Å². The van der Waals surface area contributed by atoms with Crippen LogP contribution in [0.25, 0.3) is 0 Å². The number of alkyl halides is 1. The van der Waals surface area contributed by atoms with E-state index in [0.29, 0.717) is 5.88 Å². The zero-order valence-electron chi connectivity index (χ0n) is 6.34. The Morgan fingerprint density at radius 1 is 1.30 bits per heavy atom. The summed E-state index contributed by atoms with van der Waals surface area (Å²) in [5.74, 6) is 0.670. The summed E-state index contributed by atoms with van der Waals surface area (Å²) in [4.78, 5) is 0. The van der Waals surface area contributed by atoms with Crippen molar-refractivity contribution < 1.29 is 9.47 Å². The molecule has 0 unspecified atom stereocenters. The predicted octanol–water partition coefficient (Wildman–Crippen LogP) is 1.14. The largest absolute Gasteiger partial charge is 0.356 e. The predicted molar refractivity (Wildman–Crippen MR) is 39.9 cm³/mol. The quantitative estimate of drug-likeness (QED) is 0.454. The molecule has 0 aliphatic rings. The van der Waals surface area contributed by atoms with Crippen molar-refractivity contribution in [1.29, 1.82) is 0 Å². The Kier molecular flexibility index (Phi) is 11.7. The van der Waals surface area contributed by atoms with E-state index in [2.05, 4.69) is 0 Å². The van der Waals surface area contributed by atoms with Crippen molar-refractivity contribution in [1.82, 2.24) is 6.15 Å². The molecule has 0 spiro atoms. The van der Waals surface area contributed by atoms with Crippen molar-refractivity contribution in [3.8, 4) is 0 Å². The molecule has 0 saturated carbocycles. The Bertz CT molecular complexity index is 59.7.